The molecule has 0 saturated heterocycles. The van der Waals surface area contributed by atoms with E-state index in [9.17, 15) is 9.59 Å². The summed E-state index contributed by atoms with van der Waals surface area (Å²) in [7, 11) is 0. The van der Waals surface area contributed by atoms with Crippen LogP contribution in [0.25, 0.3) is 11.4 Å². The summed E-state index contributed by atoms with van der Waals surface area (Å²) < 4.78 is 0. The molecule has 0 radical (unpaired) electrons. The molecular formula is C24H16Cl2N4O2. The first-order chi connectivity index (χ1) is 15.5. The molecule has 0 aliphatic rings. The van der Waals surface area contributed by atoms with E-state index >= 15 is 0 Å². The lowest BCUT2D eigenvalue weighted by Gasteiger charge is -2.13. The minimum Gasteiger partial charge on any atom is -0.320 e. The summed E-state index contributed by atoms with van der Waals surface area (Å²) in [5.41, 5.74) is 2.63. The molecule has 2 aromatic carbocycles. The summed E-state index contributed by atoms with van der Waals surface area (Å²) in [6.07, 6.45) is 3.18. The minimum absolute atomic E-state index is 0.321. The van der Waals surface area contributed by atoms with Gasteiger partial charge in [-0.25, -0.2) is 0 Å². The summed E-state index contributed by atoms with van der Waals surface area (Å²) >= 11 is 11.8. The number of carbonyl (C=O) groups is 2. The van der Waals surface area contributed by atoms with Gasteiger partial charge in [-0.05, 0) is 72.8 Å². The van der Waals surface area contributed by atoms with Crippen molar-refractivity contribution in [3.05, 3.63) is 106 Å². The van der Waals surface area contributed by atoms with E-state index < -0.39 is 0 Å². The molecule has 158 valence electrons. The molecule has 2 aromatic heterocycles. The average molecular weight is 463 g/mol. The van der Waals surface area contributed by atoms with Crippen molar-refractivity contribution in [2.45, 2.75) is 0 Å². The van der Waals surface area contributed by atoms with E-state index in [4.69, 9.17) is 23.2 Å². The second-order valence-electron chi connectivity index (χ2n) is 6.72. The number of nitrogens with zero attached hydrogens (tertiary/aromatic N) is 2. The molecule has 2 N–H and O–H groups in total. The Bertz CT molecular complexity index is 1170. The second-order valence-corrected chi connectivity index (χ2v) is 7.59. The molecule has 32 heavy (non-hydrogen) atoms. The predicted octanol–water partition coefficient (Wildman–Crippen LogP) is 5.96. The smallest absolute Gasteiger partial charge is 0.255 e. The highest BCUT2D eigenvalue weighted by atomic mass is 35.5. The van der Waals surface area contributed by atoms with E-state index in [-0.39, 0.29) is 11.8 Å². The van der Waals surface area contributed by atoms with E-state index in [0.29, 0.717) is 43.9 Å². The van der Waals surface area contributed by atoms with Crippen molar-refractivity contribution < 1.29 is 9.59 Å². The highest BCUT2D eigenvalue weighted by Gasteiger charge is 2.17. The maximum absolute atomic E-state index is 12.7. The molecule has 4 rings (SSSR count). The number of halogens is 2. The van der Waals surface area contributed by atoms with E-state index in [1.807, 2.05) is 0 Å². The largest absolute Gasteiger partial charge is 0.320 e. The van der Waals surface area contributed by atoms with Gasteiger partial charge in [0.1, 0.15) is 11.4 Å². The third kappa shape index (κ3) is 4.94. The van der Waals surface area contributed by atoms with E-state index in [1.54, 1.807) is 85.2 Å². The number of aromatic nitrogens is 2. The Labute approximate surface area is 194 Å². The van der Waals surface area contributed by atoms with Crippen LogP contribution in [0.5, 0.6) is 0 Å². The summed E-state index contributed by atoms with van der Waals surface area (Å²) in [5.74, 6) is -0.641. The molecule has 0 fully saturated rings. The first kappa shape index (κ1) is 21.5. The van der Waals surface area contributed by atoms with Gasteiger partial charge in [-0.1, -0.05) is 23.2 Å². The minimum atomic E-state index is -0.321. The average Bonchev–Trinajstić information content (AvgIpc) is 2.81. The fourth-order valence-corrected chi connectivity index (χ4v) is 3.23. The molecular weight excluding hydrogens is 447 g/mol. The van der Waals surface area contributed by atoms with Crippen LogP contribution in [0.4, 0.5) is 11.4 Å². The number of pyridine rings is 2. The topological polar surface area (TPSA) is 84.0 Å². The van der Waals surface area contributed by atoms with Gasteiger partial charge in [-0.15, -0.1) is 0 Å². The molecule has 2 heterocycles. The number of amides is 2. The monoisotopic (exact) mass is 462 g/mol. The van der Waals surface area contributed by atoms with Gasteiger partial charge in [-0.3, -0.25) is 19.6 Å². The molecule has 0 atom stereocenters. The second kappa shape index (κ2) is 9.60. The fourth-order valence-electron chi connectivity index (χ4n) is 2.98. The van der Waals surface area contributed by atoms with Crippen LogP contribution in [0.1, 0.15) is 20.7 Å². The van der Waals surface area contributed by atoms with Crippen LogP contribution in [0, 0.1) is 0 Å². The number of hydrogen-bond donors (Lipinski definition) is 2. The number of hydrogen-bond acceptors (Lipinski definition) is 4. The molecule has 0 aliphatic heterocycles. The third-order valence-corrected chi connectivity index (χ3v) is 5.05. The molecule has 6 nitrogen and oxygen atoms in total. The van der Waals surface area contributed by atoms with Crippen LogP contribution in [-0.4, -0.2) is 21.8 Å². The van der Waals surface area contributed by atoms with Crippen molar-refractivity contribution in [2.75, 3.05) is 10.6 Å². The molecule has 0 unspecified atom stereocenters. The van der Waals surface area contributed by atoms with Crippen LogP contribution < -0.4 is 10.6 Å². The van der Waals surface area contributed by atoms with Crippen molar-refractivity contribution in [1.29, 1.82) is 0 Å². The van der Waals surface area contributed by atoms with Gasteiger partial charge in [0.05, 0.1) is 11.4 Å². The normalized spacial score (nSPS) is 10.4. The number of nitrogens with one attached hydrogen (secondary N) is 2. The molecule has 0 bridgehead atoms. The highest BCUT2D eigenvalue weighted by molar-refractivity contribution is 6.31. The molecule has 4 aromatic rings. The zero-order valence-corrected chi connectivity index (χ0v) is 18.1. The Balaban J connectivity index is 1.63. The van der Waals surface area contributed by atoms with E-state index in [1.165, 1.54) is 0 Å². The van der Waals surface area contributed by atoms with Gasteiger partial charge in [0.2, 0.25) is 0 Å². The summed E-state index contributed by atoms with van der Waals surface area (Å²) in [6, 6.07) is 19.9. The van der Waals surface area contributed by atoms with Crippen LogP contribution >= 0.6 is 23.2 Å². The number of rotatable bonds is 5. The molecule has 0 aliphatic carbocycles. The Morgan fingerprint density at radius 2 is 0.969 bits per heavy atom. The molecule has 8 heteroatoms. The van der Waals surface area contributed by atoms with Crippen molar-refractivity contribution in [2.24, 2.45) is 0 Å². The maximum Gasteiger partial charge on any atom is 0.255 e. The van der Waals surface area contributed by atoms with Gasteiger partial charge < -0.3 is 10.6 Å². The first-order valence-corrected chi connectivity index (χ1v) is 10.3. The number of anilines is 2. The maximum atomic E-state index is 12.7. The van der Waals surface area contributed by atoms with E-state index in [2.05, 4.69) is 20.6 Å². The Morgan fingerprint density at radius 1 is 0.594 bits per heavy atom. The Hall–Kier alpha value is -3.74. The highest BCUT2D eigenvalue weighted by Crippen LogP contribution is 2.30. The van der Waals surface area contributed by atoms with Gasteiger partial charge >= 0.3 is 0 Å². The van der Waals surface area contributed by atoms with Crippen molar-refractivity contribution in [3.63, 3.8) is 0 Å². The van der Waals surface area contributed by atoms with Crippen LogP contribution in [0.3, 0.4) is 0 Å². The standard InChI is InChI=1S/C24H16Cl2N4O2/c25-17-9-5-15(6-10-17)23(31)29-19-3-1-13-27-21(19)22-20(4-2-14-28-22)30-24(32)16-7-11-18(26)12-8-16/h1-14H,(H,29,31)(H,30,32). The van der Waals surface area contributed by atoms with Crippen LogP contribution in [-0.2, 0) is 0 Å². The Kier molecular flexibility index (Phi) is 6.44. The summed E-state index contributed by atoms with van der Waals surface area (Å²) in [6.45, 7) is 0. The third-order valence-electron chi connectivity index (χ3n) is 4.55. The van der Waals surface area contributed by atoms with Gasteiger partial charge in [0.25, 0.3) is 11.8 Å². The number of carbonyl (C=O) groups excluding carboxylic acids is 2. The van der Waals surface area contributed by atoms with Crippen LogP contribution in [0.2, 0.25) is 10.0 Å². The lowest BCUT2D eigenvalue weighted by Crippen LogP contribution is -2.15. The lowest BCUT2D eigenvalue weighted by molar-refractivity contribution is 0.101. The van der Waals surface area contributed by atoms with Crippen molar-refractivity contribution in [3.8, 4) is 11.4 Å². The molecule has 0 spiro atoms. The summed E-state index contributed by atoms with van der Waals surface area (Å²) in [4.78, 5) is 34.2. The molecule has 2 amide bonds. The summed E-state index contributed by atoms with van der Waals surface area (Å²) in [5, 5.41) is 6.78. The fraction of sp³-hybridized carbons (Fsp3) is 0. The quantitative estimate of drug-likeness (QED) is 0.383. The SMILES string of the molecule is O=C(Nc1cccnc1-c1ncccc1NC(=O)c1ccc(Cl)cc1)c1ccc(Cl)cc1. The van der Waals surface area contributed by atoms with Crippen molar-refractivity contribution in [1.82, 2.24) is 9.97 Å². The lowest BCUT2D eigenvalue weighted by atomic mass is 10.1. The first-order valence-electron chi connectivity index (χ1n) is 9.55. The zero-order chi connectivity index (χ0) is 22.5. The van der Waals surface area contributed by atoms with Crippen molar-refractivity contribution >= 4 is 46.4 Å². The molecule has 0 saturated carbocycles. The Morgan fingerprint density at radius 3 is 1.34 bits per heavy atom. The van der Waals surface area contributed by atoms with E-state index in [0.717, 1.165) is 0 Å². The van der Waals surface area contributed by atoms with Gasteiger partial charge in [-0.2, -0.15) is 0 Å². The van der Waals surface area contributed by atoms with Crippen LogP contribution in [0.15, 0.2) is 85.2 Å². The van der Waals surface area contributed by atoms with Gasteiger partial charge in [0.15, 0.2) is 0 Å². The number of benzene rings is 2. The van der Waals surface area contributed by atoms with Gasteiger partial charge in [0, 0.05) is 33.6 Å². The zero-order valence-electron chi connectivity index (χ0n) is 16.5. The predicted molar refractivity (Wildman–Crippen MR) is 126 cm³/mol.